The van der Waals surface area contributed by atoms with Crippen LogP contribution in [0.3, 0.4) is 0 Å². The summed E-state index contributed by atoms with van der Waals surface area (Å²) in [6, 6.07) is 7.15. The third kappa shape index (κ3) is 3.50. The van der Waals surface area contributed by atoms with Gasteiger partial charge in [0, 0.05) is 16.9 Å². The third-order valence-corrected chi connectivity index (χ3v) is 4.26. The number of rotatable bonds is 3. The molecule has 1 amide bonds. The Bertz CT molecular complexity index is 982. The number of nitrogens with zero attached hydrogens (tertiary/aromatic N) is 2. The number of nitrogens with one attached hydrogen (secondary N) is 1. The van der Waals surface area contributed by atoms with Crippen LogP contribution in [-0.4, -0.2) is 15.3 Å². The fourth-order valence-corrected chi connectivity index (χ4v) is 2.89. The highest BCUT2D eigenvalue weighted by molar-refractivity contribution is 6.33. The minimum atomic E-state index is -4.60. The second-order valence-electron chi connectivity index (χ2n) is 5.49. The minimum absolute atomic E-state index is 0.00505. The molecule has 26 heavy (non-hydrogen) atoms. The van der Waals surface area contributed by atoms with Crippen molar-refractivity contribution in [3.05, 3.63) is 63.5 Å². The predicted octanol–water partition coefficient (Wildman–Crippen LogP) is 5.47. The van der Waals surface area contributed by atoms with Gasteiger partial charge in [0.25, 0.3) is 5.91 Å². The van der Waals surface area contributed by atoms with Crippen LogP contribution >= 0.6 is 23.2 Å². The van der Waals surface area contributed by atoms with Crippen LogP contribution in [0.5, 0.6) is 0 Å². The monoisotopic (exact) mass is 401 g/mol. The van der Waals surface area contributed by atoms with E-state index in [1.54, 1.807) is 31.2 Å². The molecule has 0 bridgehead atoms. The molecule has 0 aliphatic heterocycles. The van der Waals surface area contributed by atoms with Crippen LogP contribution < -0.4 is 5.32 Å². The Labute approximate surface area is 156 Å². The zero-order valence-corrected chi connectivity index (χ0v) is 14.9. The van der Waals surface area contributed by atoms with E-state index in [9.17, 15) is 18.0 Å². The topological polar surface area (TPSA) is 46.4 Å². The standard InChI is InChI=1S/C17H12Cl2F3N3O/c1-2-13-14(16(26)23-11-5-3-10(18)4-6-11)25-8-9(17(20,21)22)7-12(19)15(25)24-13/h3-8H,2H2,1H3,(H,23,26). The zero-order valence-electron chi connectivity index (χ0n) is 13.4. The molecule has 1 N–H and O–H groups in total. The van der Waals surface area contributed by atoms with Crippen molar-refractivity contribution in [2.24, 2.45) is 0 Å². The highest BCUT2D eigenvalue weighted by atomic mass is 35.5. The van der Waals surface area contributed by atoms with Crippen molar-refractivity contribution in [3.63, 3.8) is 0 Å². The van der Waals surface area contributed by atoms with Crippen LogP contribution in [0.1, 0.15) is 28.7 Å². The first kappa shape index (κ1) is 18.5. The lowest BCUT2D eigenvalue weighted by Crippen LogP contribution is -2.17. The predicted molar refractivity (Wildman–Crippen MR) is 94.0 cm³/mol. The van der Waals surface area contributed by atoms with E-state index < -0.39 is 17.6 Å². The van der Waals surface area contributed by atoms with Crippen molar-refractivity contribution >= 4 is 40.4 Å². The van der Waals surface area contributed by atoms with Crippen molar-refractivity contribution in [1.29, 1.82) is 0 Å². The summed E-state index contributed by atoms with van der Waals surface area (Å²) < 4.78 is 40.4. The van der Waals surface area contributed by atoms with Gasteiger partial charge in [0.1, 0.15) is 5.69 Å². The molecule has 2 heterocycles. The molecule has 3 aromatic rings. The van der Waals surface area contributed by atoms with E-state index in [4.69, 9.17) is 23.2 Å². The SMILES string of the molecule is CCc1nc2c(Cl)cc(C(F)(F)F)cn2c1C(=O)Nc1ccc(Cl)cc1. The highest BCUT2D eigenvalue weighted by Gasteiger charge is 2.33. The third-order valence-electron chi connectivity index (χ3n) is 3.73. The molecule has 0 spiro atoms. The number of amides is 1. The maximum atomic E-state index is 13.1. The number of hydrogen-bond acceptors (Lipinski definition) is 2. The fraction of sp³-hybridized carbons (Fsp3) is 0.176. The molecular weight excluding hydrogens is 390 g/mol. The number of alkyl halides is 3. The average Bonchev–Trinajstić information content (AvgIpc) is 2.95. The Hall–Kier alpha value is -2.25. The second kappa shape index (κ2) is 6.81. The van der Waals surface area contributed by atoms with Gasteiger partial charge in [-0.05, 0) is 36.8 Å². The van der Waals surface area contributed by atoms with Gasteiger partial charge in [-0.15, -0.1) is 0 Å². The number of aryl methyl sites for hydroxylation is 1. The maximum Gasteiger partial charge on any atom is 0.417 e. The van der Waals surface area contributed by atoms with E-state index in [0.717, 1.165) is 16.7 Å². The molecule has 0 saturated carbocycles. The van der Waals surface area contributed by atoms with Crippen molar-refractivity contribution < 1.29 is 18.0 Å². The normalized spacial score (nSPS) is 11.8. The van der Waals surface area contributed by atoms with E-state index >= 15 is 0 Å². The zero-order chi connectivity index (χ0) is 19.1. The van der Waals surface area contributed by atoms with E-state index in [0.29, 0.717) is 22.8 Å². The summed E-state index contributed by atoms with van der Waals surface area (Å²) in [6.45, 7) is 1.75. The lowest BCUT2D eigenvalue weighted by molar-refractivity contribution is -0.137. The first-order valence-electron chi connectivity index (χ1n) is 7.55. The molecule has 136 valence electrons. The number of pyridine rings is 1. The number of carbonyl (C=O) groups excluding carboxylic acids is 1. The van der Waals surface area contributed by atoms with Crippen LogP contribution in [0, 0.1) is 0 Å². The second-order valence-corrected chi connectivity index (χ2v) is 6.33. The van der Waals surface area contributed by atoms with Gasteiger partial charge in [0.15, 0.2) is 5.65 Å². The molecule has 1 aromatic carbocycles. The number of fused-ring (bicyclic) bond motifs is 1. The summed E-state index contributed by atoms with van der Waals surface area (Å²) in [7, 11) is 0. The lowest BCUT2D eigenvalue weighted by atomic mass is 10.2. The van der Waals surface area contributed by atoms with Crippen LogP contribution in [0.15, 0.2) is 36.5 Å². The Kier molecular flexibility index (Phi) is 4.86. The molecule has 0 unspecified atom stereocenters. The molecule has 9 heteroatoms. The van der Waals surface area contributed by atoms with Gasteiger partial charge in [-0.1, -0.05) is 30.1 Å². The molecule has 0 fully saturated rings. The Morgan fingerprint density at radius 2 is 1.88 bits per heavy atom. The summed E-state index contributed by atoms with van der Waals surface area (Å²) >= 11 is 11.8. The van der Waals surface area contributed by atoms with Gasteiger partial charge in [-0.25, -0.2) is 4.98 Å². The number of imidazole rings is 1. The number of aromatic nitrogens is 2. The first-order chi connectivity index (χ1) is 12.2. The van der Waals surface area contributed by atoms with Gasteiger partial charge in [0.2, 0.25) is 0 Å². The molecule has 4 nitrogen and oxygen atoms in total. The van der Waals surface area contributed by atoms with Crippen LogP contribution in [-0.2, 0) is 12.6 Å². The van der Waals surface area contributed by atoms with E-state index in [-0.39, 0.29) is 16.4 Å². The Morgan fingerprint density at radius 3 is 2.46 bits per heavy atom. The molecule has 2 aromatic heterocycles. The van der Waals surface area contributed by atoms with Gasteiger partial charge in [-0.3, -0.25) is 9.20 Å². The maximum absolute atomic E-state index is 13.1. The largest absolute Gasteiger partial charge is 0.417 e. The van der Waals surface area contributed by atoms with E-state index in [1.807, 2.05) is 0 Å². The van der Waals surface area contributed by atoms with Crippen LogP contribution in [0.2, 0.25) is 10.0 Å². The molecule has 0 aliphatic carbocycles. The quantitative estimate of drug-likeness (QED) is 0.631. The number of hydrogen-bond donors (Lipinski definition) is 1. The number of anilines is 1. The lowest BCUT2D eigenvalue weighted by Gasteiger charge is -2.10. The van der Waals surface area contributed by atoms with Crippen molar-refractivity contribution in [2.75, 3.05) is 5.32 Å². The molecule has 0 aliphatic rings. The number of benzene rings is 1. The van der Waals surface area contributed by atoms with Gasteiger partial charge in [-0.2, -0.15) is 13.2 Å². The first-order valence-corrected chi connectivity index (χ1v) is 8.31. The highest BCUT2D eigenvalue weighted by Crippen LogP contribution is 2.33. The Balaban J connectivity index is 2.12. The van der Waals surface area contributed by atoms with Gasteiger partial charge in [0.05, 0.1) is 16.3 Å². The summed E-state index contributed by atoms with van der Waals surface area (Å²) in [5, 5.41) is 2.95. The van der Waals surface area contributed by atoms with Crippen molar-refractivity contribution in [1.82, 2.24) is 9.38 Å². The minimum Gasteiger partial charge on any atom is -0.321 e. The molecule has 0 saturated heterocycles. The molecule has 0 radical (unpaired) electrons. The van der Waals surface area contributed by atoms with Crippen molar-refractivity contribution in [2.45, 2.75) is 19.5 Å². The molecule has 0 atom stereocenters. The molecular formula is C17H12Cl2F3N3O. The summed E-state index contributed by atoms with van der Waals surface area (Å²) in [5.41, 5.74) is -0.0639. The number of halogens is 5. The van der Waals surface area contributed by atoms with Crippen LogP contribution in [0.25, 0.3) is 5.65 Å². The fourth-order valence-electron chi connectivity index (χ4n) is 2.52. The summed E-state index contributed by atoms with van der Waals surface area (Å²) in [6.07, 6.45) is -3.43. The summed E-state index contributed by atoms with van der Waals surface area (Å²) in [5.74, 6) is -0.591. The van der Waals surface area contributed by atoms with Crippen LogP contribution in [0.4, 0.5) is 18.9 Å². The van der Waals surface area contributed by atoms with Crippen molar-refractivity contribution in [3.8, 4) is 0 Å². The van der Waals surface area contributed by atoms with E-state index in [1.165, 1.54) is 0 Å². The summed E-state index contributed by atoms with van der Waals surface area (Å²) in [4.78, 5) is 16.9. The van der Waals surface area contributed by atoms with E-state index in [2.05, 4.69) is 10.3 Å². The molecule has 3 rings (SSSR count). The van der Waals surface area contributed by atoms with Gasteiger partial charge < -0.3 is 5.32 Å². The average molecular weight is 402 g/mol. The van der Waals surface area contributed by atoms with Gasteiger partial charge >= 0.3 is 6.18 Å². The Morgan fingerprint density at radius 1 is 1.23 bits per heavy atom. The smallest absolute Gasteiger partial charge is 0.321 e. The number of carbonyl (C=O) groups is 1.